The molecule has 11 heteroatoms. The predicted octanol–water partition coefficient (Wildman–Crippen LogP) is -0.850. The highest BCUT2D eigenvalue weighted by Gasteiger charge is 2.48. The number of hydrogen-bond donors (Lipinski definition) is 1. The molecule has 1 amide bonds. The second-order valence-electron chi connectivity index (χ2n) is 7.55. The summed E-state index contributed by atoms with van der Waals surface area (Å²) in [7, 11) is -0.514. The highest BCUT2D eigenvalue weighted by Crippen LogP contribution is 2.36. The molecular weight excluding hydrogens is 372 g/mol. The quantitative estimate of drug-likeness (QED) is 0.666. The number of fused-ring (bicyclic) bond motifs is 1. The summed E-state index contributed by atoms with van der Waals surface area (Å²) in [6.45, 7) is 2.06. The number of likely N-dealkylation sites (tertiary alicyclic amines) is 1. The Kier molecular flexibility index (Phi) is 5.84. The van der Waals surface area contributed by atoms with Crippen LogP contribution in [0.3, 0.4) is 0 Å². The summed E-state index contributed by atoms with van der Waals surface area (Å²) in [4.78, 5) is 18.2. The first-order valence-corrected chi connectivity index (χ1v) is 10.6. The number of aliphatic hydroxyl groups is 1. The van der Waals surface area contributed by atoms with Crippen molar-refractivity contribution in [2.24, 2.45) is 5.92 Å². The summed E-state index contributed by atoms with van der Waals surface area (Å²) in [5.74, 6) is -0.237. The molecule has 0 radical (unpaired) electrons. The van der Waals surface area contributed by atoms with Crippen molar-refractivity contribution in [1.82, 2.24) is 28.3 Å². The molecule has 27 heavy (non-hydrogen) atoms. The van der Waals surface area contributed by atoms with Crippen LogP contribution in [-0.2, 0) is 21.5 Å². The standard InChI is InChI=1S/C16H28N6O4S/c1-19(2)27(25,26)22-9-6-16(24)5-8-20(10-14(16)11-22)15(23)4-3-7-21-13-17-12-18-21/h12-14,24H,3-11H2,1-2H3/t14-,16-/m1/s1. The van der Waals surface area contributed by atoms with Gasteiger partial charge in [-0.3, -0.25) is 9.48 Å². The fourth-order valence-electron chi connectivity index (χ4n) is 3.84. The monoisotopic (exact) mass is 400 g/mol. The van der Waals surface area contributed by atoms with Gasteiger partial charge in [-0.25, -0.2) is 4.98 Å². The lowest BCUT2D eigenvalue weighted by Crippen LogP contribution is -2.62. The van der Waals surface area contributed by atoms with Gasteiger partial charge in [0.2, 0.25) is 5.91 Å². The van der Waals surface area contributed by atoms with E-state index in [0.29, 0.717) is 51.9 Å². The third-order valence-corrected chi connectivity index (χ3v) is 7.53. The van der Waals surface area contributed by atoms with Crippen LogP contribution in [0.15, 0.2) is 12.7 Å². The van der Waals surface area contributed by atoms with E-state index in [9.17, 15) is 18.3 Å². The van der Waals surface area contributed by atoms with E-state index < -0.39 is 15.8 Å². The van der Waals surface area contributed by atoms with E-state index in [0.717, 1.165) is 0 Å². The molecule has 1 aromatic rings. The van der Waals surface area contributed by atoms with Gasteiger partial charge in [-0.05, 0) is 19.3 Å². The van der Waals surface area contributed by atoms with Crippen LogP contribution in [0.1, 0.15) is 25.7 Å². The molecule has 0 bridgehead atoms. The molecule has 0 saturated carbocycles. The summed E-state index contributed by atoms with van der Waals surface area (Å²) in [6, 6.07) is 0. The minimum Gasteiger partial charge on any atom is -0.389 e. The normalized spacial score (nSPS) is 27.0. The van der Waals surface area contributed by atoms with Crippen molar-refractivity contribution in [2.75, 3.05) is 40.3 Å². The summed E-state index contributed by atoms with van der Waals surface area (Å²) < 4.78 is 29.1. The Morgan fingerprint density at radius 2 is 2.04 bits per heavy atom. The van der Waals surface area contributed by atoms with E-state index in [1.165, 1.54) is 29.0 Å². The van der Waals surface area contributed by atoms with Crippen molar-refractivity contribution < 1.29 is 18.3 Å². The number of amides is 1. The van der Waals surface area contributed by atoms with Crippen LogP contribution in [0.5, 0.6) is 0 Å². The van der Waals surface area contributed by atoms with Crippen molar-refractivity contribution in [1.29, 1.82) is 0 Å². The maximum absolute atomic E-state index is 12.6. The summed E-state index contributed by atoms with van der Waals surface area (Å²) in [5.41, 5.74) is -0.893. The second kappa shape index (κ2) is 7.82. The van der Waals surface area contributed by atoms with Gasteiger partial charge in [0.1, 0.15) is 12.7 Å². The molecule has 1 aromatic heterocycles. The Morgan fingerprint density at radius 1 is 1.30 bits per heavy atom. The van der Waals surface area contributed by atoms with Gasteiger partial charge in [0.15, 0.2) is 0 Å². The molecule has 2 fully saturated rings. The number of carbonyl (C=O) groups is 1. The number of nitrogens with zero attached hydrogens (tertiary/aromatic N) is 6. The van der Waals surface area contributed by atoms with Gasteiger partial charge in [-0.1, -0.05) is 0 Å². The minimum absolute atomic E-state index is 0.0322. The van der Waals surface area contributed by atoms with Crippen LogP contribution >= 0.6 is 0 Å². The van der Waals surface area contributed by atoms with Crippen molar-refractivity contribution >= 4 is 16.1 Å². The first-order chi connectivity index (χ1) is 12.7. The fourth-order valence-corrected chi connectivity index (χ4v) is 4.99. The summed E-state index contributed by atoms with van der Waals surface area (Å²) in [5, 5.41) is 14.9. The molecule has 0 spiro atoms. The number of carbonyl (C=O) groups excluding carboxylic acids is 1. The molecule has 10 nitrogen and oxygen atoms in total. The predicted molar refractivity (Wildman–Crippen MR) is 97.7 cm³/mol. The Labute approximate surface area is 159 Å². The lowest BCUT2D eigenvalue weighted by atomic mass is 9.76. The maximum atomic E-state index is 12.6. The van der Waals surface area contributed by atoms with Gasteiger partial charge < -0.3 is 10.0 Å². The maximum Gasteiger partial charge on any atom is 0.281 e. The zero-order valence-corrected chi connectivity index (χ0v) is 16.7. The molecule has 3 heterocycles. The Hall–Kier alpha value is -1.56. The lowest BCUT2D eigenvalue weighted by molar-refractivity contribution is -0.144. The van der Waals surface area contributed by atoms with Gasteiger partial charge in [-0.2, -0.15) is 22.1 Å². The molecule has 0 aliphatic carbocycles. The van der Waals surface area contributed by atoms with E-state index in [2.05, 4.69) is 10.1 Å². The largest absolute Gasteiger partial charge is 0.389 e. The minimum atomic E-state index is -3.52. The number of hydrogen-bond acceptors (Lipinski definition) is 6. The third kappa shape index (κ3) is 4.31. The molecule has 2 aliphatic rings. The van der Waals surface area contributed by atoms with Crippen molar-refractivity contribution in [3.63, 3.8) is 0 Å². The molecule has 0 unspecified atom stereocenters. The van der Waals surface area contributed by atoms with Crippen LogP contribution in [-0.4, -0.2) is 93.6 Å². The summed E-state index contributed by atoms with van der Waals surface area (Å²) >= 11 is 0. The molecule has 3 rings (SSSR count). The van der Waals surface area contributed by atoms with Crippen molar-refractivity contribution in [3.8, 4) is 0 Å². The molecular formula is C16H28N6O4S. The van der Waals surface area contributed by atoms with Gasteiger partial charge in [-0.15, -0.1) is 0 Å². The van der Waals surface area contributed by atoms with E-state index in [4.69, 9.17) is 0 Å². The molecule has 2 aliphatic heterocycles. The van der Waals surface area contributed by atoms with Gasteiger partial charge in [0, 0.05) is 59.2 Å². The van der Waals surface area contributed by atoms with Gasteiger partial charge in [0.25, 0.3) is 10.2 Å². The number of aryl methyl sites for hydroxylation is 1. The van der Waals surface area contributed by atoms with Crippen LogP contribution < -0.4 is 0 Å². The second-order valence-corrected chi connectivity index (χ2v) is 9.69. The molecule has 2 saturated heterocycles. The zero-order chi connectivity index (χ0) is 19.7. The van der Waals surface area contributed by atoms with Crippen LogP contribution in [0.4, 0.5) is 0 Å². The highest BCUT2D eigenvalue weighted by atomic mass is 32.2. The molecule has 0 aromatic carbocycles. The Bertz CT molecular complexity index is 753. The Balaban J connectivity index is 1.57. The zero-order valence-electron chi connectivity index (χ0n) is 15.9. The van der Waals surface area contributed by atoms with Gasteiger partial charge in [0.05, 0.1) is 5.60 Å². The van der Waals surface area contributed by atoms with E-state index in [-0.39, 0.29) is 18.4 Å². The molecule has 1 N–H and O–H groups in total. The first kappa shape index (κ1) is 20.2. The topological polar surface area (TPSA) is 112 Å². The summed E-state index contributed by atoms with van der Waals surface area (Å²) in [6.07, 6.45) is 5.03. The fraction of sp³-hybridized carbons (Fsp3) is 0.812. The molecule has 2 atom stereocenters. The number of aromatic nitrogens is 3. The van der Waals surface area contributed by atoms with Crippen LogP contribution in [0.25, 0.3) is 0 Å². The van der Waals surface area contributed by atoms with Crippen molar-refractivity contribution in [2.45, 2.75) is 37.8 Å². The highest BCUT2D eigenvalue weighted by molar-refractivity contribution is 7.86. The van der Waals surface area contributed by atoms with Crippen LogP contribution in [0, 0.1) is 5.92 Å². The first-order valence-electron chi connectivity index (χ1n) is 9.22. The lowest BCUT2D eigenvalue weighted by Gasteiger charge is -2.50. The Morgan fingerprint density at radius 3 is 2.70 bits per heavy atom. The van der Waals surface area contributed by atoms with Crippen molar-refractivity contribution in [3.05, 3.63) is 12.7 Å². The van der Waals surface area contributed by atoms with Crippen LogP contribution in [0.2, 0.25) is 0 Å². The third-order valence-electron chi connectivity index (χ3n) is 5.62. The van der Waals surface area contributed by atoms with E-state index in [1.54, 1.807) is 15.9 Å². The number of rotatable bonds is 6. The number of piperidine rings is 2. The van der Waals surface area contributed by atoms with E-state index in [1.807, 2.05) is 0 Å². The SMILES string of the molecule is CN(C)S(=O)(=O)N1CC[C@]2(O)CCN(C(=O)CCCn3cncn3)C[C@@H]2C1. The van der Waals surface area contributed by atoms with Gasteiger partial charge >= 0.3 is 0 Å². The average molecular weight is 401 g/mol. The van der Waals surface area contributed by atoms with E-state index >= 15 is 0 Å². The smallest absolute Gasteiger partial charge is 0.281 e. The molecule has 152 valence electrons. The average Bonchev–Trinajstić information content (AvgIpc) is 3.13.